The first-order chi connectivity index (χ1) is 9.20. The molecular formula is C13H18ClN5S. The average molecular weight is 312 g/mol. The van der Waals surface area contributed by atoms with Gasteiger partial charge in [-0.1, -0.05) is 42.5 Å². The second-order valence-corrected chi connectivity index (χ2v) is 5.10. The van der Waals surface area contributed by atoms with Gasteiger partial charge in [0.15, 0.2) is 5.96 Å². The second-order valence-electron chi connectivity index (χ2n) is 4.12. The standard InChI is InChI=1S/C13H17N5S.ClH/c1-3-8-15-12(14)16-13-18-17-11(19-13)10-7-5-4-6-9(10)2;/h4-7H,3,8H2,1-2H3,(H3,14,15,16,18);1H. The van der Waals surface area contributed by atoms with E-state index in [-0.39, 0.29) is 12.4 Å². The highest BCUT2D eigenvalue weighted by Gasteiger charge is 2.08. The van der Waals surface area contributed by atoms with Gasteiger partial charge >= 0.3 is 0 Å². The lowest BCUT2D eigenvalue weighted by molar-refractivity contribution is 0.929. The van der Waals surface area contributed by atoms with Crippen molar-refractivity contribution in [3.8, 4) is 10.6 Å². The van der Waals surface area contributed by atoms with Crippen molar-refractivity contribution in [1.82, 2.24) is 10.2 Å². The predicted octanol–water partition coefficient (Wildman–Crippen LogP) is 3.07. The molecule has 1 heterocycles. The number of aryl methyl sites for hydroxylation is 1. The first-order valence-electron chi connectivity index (χ1n) is 6.17. The minimum Gasteiger partial charge on any atom is -0.370 e. The summed E-state index contributed by atoms with van der Waals surface area (Å²) in [4.78, 5) is 4.16. The lowest BCUT2D eigenvalue weighted by Crippen LogP contribution is -2.22. The van der Waals surface area contributed by atoms with E-state index in [9.17, 15) is 0 Å². The van der Waals surface area contributed by atoms with Gasteiger partial charge in [0.1, 0.15) is 5.01 Å². The van der Waals surface area contributed by atoms with Crippen LogP contribution >= 0.6 is 23.7 Å². The molecule has 0 bridgehead atoms. The van der Waals surface area contributed by atoms with Crippen LogP contribution in [0.2, 0.25) is 0 Å². The molecule has 1 aromatic heterocycles. The molecular weight excluding hydrogens is 294 g/mol. The zero-order valence-corrected chi connectivity index (χ0v) is 13.1. The Bertz CT molecular complexity index is 582. The van der Waals surface area contributed by atoms with E-state index in [2.05, 4.69) is 40.4 Å². The van der Waals surface area contributed by atoms with Gasteiger partial charge in [0.05, 0.1) is 0 Å². The van der Waals surface area contributed by atoms with Crippen LogP contribution in [0.4, 0.5) is 5.13 Å². The van der Waals surface area contributed by atoms with Gasteiger partial charge in [-0.15, -0.1) is 22.6 Å². The number of aromatic nitrogens is 2. The quantitative estimate of drug-likeness (QED) is 0.672. The molecule has 1 aromatic carbocycles. The first-order valence-corrected chi connectivity index (χ1v) is 6.98. The molecule has 2 aromatic rings. The van der Waals surface area contributed by atoms with Crippen LogP contribution in [0.1, 0.15) is 18.9 Å². The summed E-state index contributed by atoms with van der Waals surface area (Å²) in [6, 6.07) is 8.09. The van der Waals surface area contributed by atoms with Gasteiger partial charge in [0.2, 0.25) is 5.13 Å². The third-order valence-electron chi connectivity index (χ3n) is 2.54. The lowest BCUT2D eigenvalue weighted by atomic mass is 10.1. The van der Waals surface area contributed by atoms with Crippen molar-refractivity contribution in [3.63, 3.8) is 0 Å². The molecule has 0 aliphatic heterocycles. The van der Waals surface area contributed by atoms with E-state index in [1.807, 2.05) is 18.2 Å². The molecule has 0 spiro atoms. The molecule has 3 N–H and O–H groups in total. The minimum atomic E-state index is 0. The maximum absolute atomic E-state index is 5.75. The van der Waals surface area contributed by atoms with Crippen molar-refractivity contribution in [1.29, 1.82) is 0 Å². The molecule has 0 saturated carbocycles. The molecule has 2 rings (SSSR count). The van der Waals surface area contributed by atoms with Crippen molar-refractivity contribution in [2.24, 2.45) is 10.7 Å². The number of nitrogens with zero attached hydrogens (tertiary/aromatic N) is 3. The molecule has 5 nitrogen and oxygen atoms in total. The number of benzene rings is 1. The van der Waals surface area contributed by atoms with Crippen LogP contribution in [0.5, 0.6) is 0 Å². The van der Waals surface area contributed by atoms with E-state index in [0.717, 1.165) is 17.0 Å². The Hall–Kier alpha value is -1.66. The Morgan fingerprint density at radius 3 is 2.80 bits per heavy atom. The largest absolute Gasteiger partial charge is 0.370 e. The van der Waals surface area contributed by atoms with Gasteiger partial charge in [-0.05, 0) is 18.9 Å². The molecule has 0 aliphatic carbocycles. The van der Waals surface area contributed by atoms with Gasteiger partial charge in [-0.2, -0.15) is 0 Å². The third-order valence-corrected chi connectivity index (χ3v) is 3.41. The molecule has 7 heteroatoms. The number of anilines is 1. The van der Waals surface area contributed by atoms with E-state index in [1.54, 1.807) is 0 Å². The Morgan fingerprint density at radius 2 is 2.10 bits per heavy atom. The molecule has 0 saturated heterocycles. The fourth-order valence-corrected chi connectivity index (χ4v) is 2.42. The summed E-state index contributed by atoms with van der Waals surface area (Å²) in [6.45, 7) is 4.82. The Balaban J connectivity index is 0.00000200. The van der Waals surface area contributed by atoms with E-state index >= 15 is 0 Å². The maximum Gasteiger partial charge on any atom is 0.212 e. The monoisotopic (exact) mass is 311 g/mol. The number of hydrogen-bond acceptors (Lipinski definition) is 4. The van der Waals surface area contributed by atoms with E-state index in [0.29, 0.717) is 17.6 Å². The summed E-state index contributed by atoms with van der Waals surface area (Å²) in [5.41, 5.74) is 8.02. The molecule has 0 unspecified atom stereocenters. The van der Waals surface area contributed by atoms with Crippen molar-refractivity contribution in [3.05, 3.63) is 29.8 Å². The average Bonchev–Trinajstić information content (AvgIpc) is 2.85. The smallest absolute Gasteiger partial charge is 0.212 e. The summed E-state index contributed by atoms with van der Waals surface area (Å²) >= 11 is 1.47. The van der Waals surface area contributed by atoms with Crippen LogP contribution in [0.15, 0.2) is 29.3 Å². The number of aliphatic imine (C=N–C) groups is 1. The van der Waals surface area contributed by atoms with Crippen molar-refractivity contribution >= 4 is 34.8 Å². The van der Waals surface area contributed by atoms with E-state index in [1.165, 1.54) is 16.9 Å². The Morgan fingerprint density at radius 1 is 1.35 bits per heavy atom. The van der Waals surface area contributed by atoms with Crippen molar-refractivity contribution < 1.29 is 0 Å². The molecule has 0 radical (unpaired) electrons. The zero-order chi connectivity index (χ0) is 13.7. The van der Waals surface area contributed by atoms with Gasteiger partial charge < -0.3 is 11.1 Å². The predicted molar refractivity (Wildman–Crippen MR) is 87.7 cm³/mol. The molecule has 0 fully saturated rings. The fraction of sp³-hybridized carbons (Fsp3) is 0.308. The third kappa shape index (κ3) is 4.18. The molecule has 0 aliphatic rings. The van der Waals surface area contributed by atoms with Crippen LogP contribution in [0, 0.1) is 6.92 Å². The molecule has 0 amide bonds. The van der Waals surface area contributed by atoms with Crippen molar-refractivity contribution in [2.75, 3.05) is 11.9 Å². The van der Waals surface area contributed by atoms with E-state index in [4.69, 9.17) is 5.73 Å². The highest BCUT2D eigenvalue weighted by Crippen LogP contribution is 2.28. The van der Waals surface area contributed by atoms with Crippen LogP contribution < -0.4 is 11.1 Å². The van der Waals surface area contributed by atoms with Gasteiger partial charge in [0, 0.05) is 12.1 Å². The number of nitrogens with two attached hydrogens (primary N) is 1. The summed E-state index contributed by atoms with van der Waals surface area (Å²) in [7, 11) is 0. The summed E-state index contributed by atoms with van der Waals surface area (Å²) in [5.74, 6) is 0.384. The van der Waals surface area contributed by atoms with Gasteiger partial charge in [0.25, 0.3) is 0 Å². The van der Waals surface area contributed by atoms with Gasteiger partial charge in [-0.25, -0.2) is 0 Å². The van der Waals surface area contributed by atoms with Crippen molar-refractivity contribution in [2.45, 2.75) is 20.3 Å². The normalized spacial score (nSPS) is 11.0. The summed E-state index contributed by atoms with van der Waals surface area (Å²) in [6.07, 6.45) is 0.965. The Kier molecular flexibility index (Phi) is 6.41. The molecule has 108 valence electrons. The molecule has 20 heavy (non-hydrogen) atoms. The number of guanidine groups is 1. The topological polar surface area (TPSA) is 76.2 Å². The number of nitrogens with one attached hydrogen (secondary N) is 1. The fourth-order valence-electron chi connectivity index (χ4n) is 1.58. The van der Waals surface area contributed by atoms with Crippen LogP contribution in [-0.4, -0.2) is 22.7 Å². The number of halogens is 1. The summed E-state index contributed by atoms with van der Waals surface area (Å²) < 4.78 is 0. The van der Waals surface area contributed by atoms with Crippen LogP contribution in [-0.2, 0) is 0 Å². The summed E-state index contributed by atoms with van der Waals surface area (Å²) in [5, 5.41) is 12.8. The van der Waals surface area contributed by atoms with Crippen LogP contribution in [0.25, 0.3) is 10.6 Å². The highest BCUT2D eigenvalue weighted by molar-refractivity contribution is 7.18. The lowest BCUT2D eigenvalue weighted by Gasteiger charge is -2.00. The van der Waals surface area contributed by atoms with E-state index < -0.39 is 0 Å². The highest BCUT2D eigenvalue weighted by atomic mass is 35.5. The minimum absolute atomic E-state index is 0. The van der Waals surface area contributed by atoms with Gasteiger partial charge in [-0.3, -0.25) is 4.99 Å². The number of rotatable bonds is 4. The Labute approximate surface area is 128 Å². The maximum atomic E-state index is 5.75. The molecule has 0 atom stereocenters. The van der Waals surface area contributed by atoms with Crippen LogP contribution in [0.3, 0.4) is 0 Å². The second kappa shape index (κ2) is 7.81. The SMILES string of the molecule is CCCN=C(N)Nc1nnc(-c2ccccc2C)s1.Cl. The zero-order valence-electron chi connectivity index (χ0n) is 11.5. The number of hydrogen-bond donors (Lipinski definition) is 2. The first kappa shape index (κ1) is 16.4.